The number of anilines is 2. The van der Waals surface area contributed by atoms with Crippen LogP contribution in [0.4, 0.5) is 11.5 Å². The highest BCUT2D eigenvalue weighted by atomic mass is 32.1. The second-order valence-corrected chi connectivity index (χ2v) is 6.19. The first-order valence-corrected chi connectivity index (χ1v) is 7.88. The summed E-state index contributed by atoms with van der Waals surface area (Å²) in [6.45, 7) is 5.95. The molecule has 2 N–H and O–H groups in total. The standard InChI is InChI=1S/C17H20N4S/c1-12(2)19-17(22)20-15-7-8-16(18-9-15)21-10-13-5-3-4-6-14(13)11-21/h3-9,12H,10-11H2,1-2H3,(H2,19,20,22). The summed E-state index contributed by atoms with van der Waals surface area (Å²) >= 11 is 5.24. The molecule has 0 radical (unpaired) electrons. The fourth-order valence-corrected chi connectivity index (χ4v) is 2.93. The third kappa shape index (κ3) is 3.36. The van der Waals surface area contributed by atoms with Crippen molar-refractivity contribution in [2.24, 2.45) is 0 Å². The summed E-state index contributed by atoms with van der Waals surface area (Å²) in [7, 11) is 0. The quantitative estimate of drug-likeness (QED) is 0.851. The number of benzene rings is 1. The van der Waals surface area contributed by atoms with Gasteiger partial charge in [0.1, 0.15) is 5.82 Å². The number of fused-ring (bicyclic) bond motifs is 1. The first-order valence-electron chi connectivity index (χ1n) is 7.47. The van der Waals surface area contributed by atoms with Crippen LogP contribution >= 0.6 is 12.2 Å². The maximum absolute atomic E-state index is 5.24. The van der Waals surface area contributed by atoms with Gasteiger partial charge in [-0.2, -0.15) is 0 Å². The highest BCUT2D eigenvalue weighted by Crippen LogP contribution is 2.27. The van der Waals surface area contributed by atoms with Gasteiger partial charge in [-0.1, -0.05) is 24.3 Å². The van der Waals surface area contributed by atoms with E-state index in [0.29, 0.717) is 11.2 Å². The Labute approximate surface area is 136 Å². The van der Waals surface area contributed by atoms with Crippen LogP contribution in [0.5, 0.6) is 0 Å². The van der Waals surface area contributed by atoms with E-state index in [1.165, 1.54) is 11.1 Å². The summed E-state index contributed by atoms with van der Waals surface area (Å²) in [5.74, 6) is 0.990. The van der Waals surface area contributed by atoms with Gasteiger partial charge in [-0.15, -0.1) is 0 Å². The molecule has 0 fully saturated rings. The lowest BCUT2D eigenvalue weighted by molar-refractivity contribution is 0.739. The van der Waals surface area contributed by atoms with Crippen molar-refractivity contribution in [1.82, 2.24) is 10.3 Å². The zero-order valence-electron chi connectivity index (χ0n) is 12.8. The smallest absolute Gasteiger partial charge is 0.171 e. The number of thiocarbonyl (C=S) groups is 1. The largest absolute Gasteiger partial charge is 0.360 e. The Hall–Kier alpha value is -2.14. The maximum atomic E-state index is 5.24. The van der Waals surface area contributed by atoms with Crippen LogP contribution in [0, 0.1) is 0 Å². The van der Waals surface area contributed by atoms with Crippen molar-refractivity contribution in [3.8, 4) is 0 Å². The molecule has 0 unspecified atom stereocenters. The molecule has 2 heterocycles. The van der Waals surface area contributed by atoms with E-state index in [9.17, 15) is 0 Å². The Kier molecular flexibility index (Phi) is 4.24. The molecule has 4 nitrogen and oxygen atoms in total. The van der Waals surface area contributed by atoms with Crippen LogP contribution in [0.1, 0.15) is 25.0 Å². The van der Waals surface area contributed by atoms with E-state index in [0.717, 1.165) is 24.6 Å². The van der Waals surface area contributed by atoms with Crippen LogP contribution in [-0.2, 0) is 13.1 Å². The molecule has 0 atom stereocenters. The number of nitrogens with one attached hydrogen (secondary N) is 2. The maximum Gasteiger partial charge on any atom is 0.171 e. The number of nitrogens with zero attached hydrogens (tertiary/aromatic N) is 2. The van der Waals surface area contributed by atoms with E-state index >= 15 is 0 Å². The summed E-state index contributed by atoms with van der Waals surface area (Å²) < 4.78 is 0. The van der Waals surface area contributed by atoms with Crippen LogP contribution in [0.3, 0.4) is 0 Å². The number of aromatic nitrogens is 1. The van der Waals surface area contributed by atoms with Gasteiger partial charge in [-0.3, -0.25) is 0 Å². The average Bonchev–Trinajstić information content (AvgIpc) is 2.91. The summed E-state index contributed by atoms with van der Waals surface area (Å²) in [4.78, 5) is 6.83. The predicted molar refractivity (Wildman–Crippen MR) is 95.1 cm³/mol. The highest BCUT2D eigenvalue weighted by Gasteiger charge is 2.19. The van der Waals surface area contributed by atoms with Gasteiger partial charge in [0.25, 0.3) is 0 Å². The molecule has 1 aromatic heterocycles. The van der Waals surface area contributed by atoms with Crippen molar-refractivity contribution in [3.63, 3.8) is 0 Å². The second kappa shape index (κ2) is 6.32. The lowest BCUT2D eigenvalue weighted by Crippen LogP contribution is -2.33. The molecule has 0 amide bonds. The van der Waals surface area contributed by atoms with Gasteiger partial charge in [0.05, 0.1) is 11.9 Å². The summed E-state index contributed by atoms with van der Waals surface area (Å²) in [6, 6.07) is 12.9. The number of hydrogen-bond acceptors (Lipinski definition) is 3. The zero-order valence-corrected chi connectivity index (χ0v) is 13.7. The van der Waals surface area contributed by atoms with Gasteiger partial charge in [-0.05, 0) is 49.3 Å². The third-order valence-corrected chi connectivity index (χ3v) is 3.81. The molecule has 1 aromatic carbocycles. The molecule has 2 aromatic rings. The summed E-state index contributed by atoms with van der Waals surface area (Å²) in [5, 5.41) is 6.93. The van der Waals surface area contributed by atoms with Gasteiger partial charge in [-0.25, -0.2) is 4.98 Å². The SMILES string of the molecule is CC(C)NC(=S)Nc1ccc(N2Cc3ccccc3C2)nc1. The fraction of sp³-hybridized carbons (Fsp3) is 0.294. The molecular formula is C17H20N4S. The Morgan fingerprint density at radius 1 is 1.14 bits per heavy atom. The Morgan fingerprint density at radius 2 is 1.82 bits per heavy atom. The normalized spacial score (nSPS) is 13.1. The van der Waals surface area contributed by atoms with E-state index in [4.69, 9.17) is 12.2 Å². The van der Waals surface area contributed by atoms with Crippen molar-refractivity contribution >= 4 is 28.8 Å². The molecule has 0 saturated carbocycles. The van der Waals surface area contributed by atoms with Crippen LogP contribution in [0.25, 0.3) is 0 Å². The van der Waals surface area contributed by atoms with E-state index < -0.39 is 0 Å². The van der Waals surface area contributed by atoms with Gasteiger partial charge in [0.15, 0.2) is 5.11 Å². The average molecular weight is 312 g/mol. The van der Waals surface area contributed by atoms with Crippen molar-refractivity contribution in [2.45, 2.75) is 33.0 Å². The molecular weight excluding hydrogens is 292 g/mol. The number of rotatable bonds is 3. The van der Waals surface area contributed by atoms with Crippen LogP contribution < -0.4 is 15.5 Å². The van der Waals surface area contributed by atoms with Gasteiger partial charge < -0.3 is 15.5 Å². The van der Waals surface area contributed by atoms with Gasteiger partial charge in [0.2, 0.25) is 0 Å². The lowest BCUT2D eigenvalue weighted by atomic mass is 10.1. The number of hydrogen-bond donors (Lipinski definition) is 2. The van der Waals surface area contributed by atoms with E-state index in [-0.39, 0.29) is 0 Å². The highest BCUT2D eigenvalue weighted by molar-refractivity contribution is 7.80. The molecule has 0 spiro atoms. The van der Waals surface area contributed by atoms with Gasteiger partial charge >= 0.3 is 0 Å². The van der Waals surface area contributed by atoms with Crippen LogP contribution in [0.15, 0.2) is 42.6 Å². The van der Waals surface area contributed by atoms with E-state index in [2.05, 4.69) is 58.6 Å². The monoisotopic (exact) mass is 312 g/mol. The molecule has 1 aliphatic heterocycles. The minimum Gasteiger partial charge on any atom is -0.360 e. The molecule has 3 rings (SSSR count). The van der Waals surface area contributed by atoms with Crippen molar-refractivity contribution in [1.29, 1.82) is 0 Å². The van der Waals surface area contributed by atoms with Gasteiger partial charge in [0, 0.05) is 19.1 Å². The molecule has 0 bridgehead atoms. The molecule has 0 aliphatic carbocycles. The zero-order chi connectivity index (χ0) is 15.5. The van der Waals surface area contributed by atoms with Crippen molar-refractivity contribution < 1.29 is 0 Å². The first-order chi connectivity index (χ1) is 10.6. The summed E-state index contributed by atoms with van der Waals surface area (Å²) in [6.07, 6.45) is 1.83. The molecule has 114 valence electrons. The molecule has 5 heteroatoms. The predicted octanol–water partition coefficient (Wildman–Crippen LogP) is 3.30. The molecule has 22 heavy (non-hydrogen) atoms. The molecule has 1 aliphatic rings. The fourth-order valence-electron chi connectivity index (χ4n) is 2.57. The Morgan fingerprint density at radius 3 is 2.36 bits per heavy atom. The first kappa shape index (κ1) is 14.8. The Bertz CT molecular complexity index is 642. The molecule has 0 saturated heterocycles. The van der Waals surface area contributed by atoms with Crippen molar-refractivity contribution in [3.05, 3.63) is 53.7 Å². The van der Waals surface area contributed by atoms with E-state index in [1.807, 2.05) is 18.3 Å². The van der Waals surface area contributed by atoms with Crippen molar-refractivity contribution in [2.75, 3.05) is 10.2 Å². The minimum absolute atomic E-state index is 0.315. The second-order valence-electron chi connectivity index (χ2n) is 5.78. The minimum atomic E-state index is 0.315. The topological polar surface area (TPSA) is 40.2 Å². The number of pyridine rings is 1. The van der Waals surface area contributed by atoms with E-state index in [1.54, 1.807) is 0 Å². The summed E-state index contributed by atoms with van der Waals surface area (Å²) in [5.41, 5.74) is 3.67. The lowest BCUT2D eigenvalue weighted by Gasteiger charge is -2.17. The van der Waals surface area contributed by atoms with Crippen LogP contribution in [0.2, 0.25) is 0 Å². The third-order valence-electron chi connectivity index (χ3n) is 3.59. The van der Waals surface area contributed by atoms with Crippen LogP contribution in [-0.4, -0.2) is 16.1 Å². The Balaban J connectivity index is 1.64.